The molecule has 424 valence electrons. The minimum atomic E-state index is -4.80. The van der Waals surface area contributed by atoms with Gasteiger partial charge >= 0.3 is 24.5 Å². The smallest absolute Gasteiger partial charge is 0.407 e. The van der Waals surface area contributed by atoms with Crippen LogP contribution in [0.5, 0.6) is 0 Å². The van der Waals surface area contributed by atoms with E-state index >= 15 is 0 Å². The summed E-state index contributed by atoms with van der Waals surface area (Å²) in [5.74, 6) is -1.75. The predicted octanol–water partition coefficient (Wildman–Crippen LogP) is 13.6. The highest BCUT2D eigenvalue weighted by molar-refractivity contribution is 7.81. The Bertz CT molecular complexity index is 3490. The number of aryl methyl sites for hydroxylation is 2. The zero-order chi connectivity index (χ0) is 59.5. The standard InChI is InChI=1S/C32H23F6N5O2S.C25H22F3N3O4S/c1-39-25-13-9-20(17-23(25)31(33,34)35)41-27(44)6-3-5-19-7-10-21(11-8-19)43-29(46)42(28(45)30(43)15-4-16-30)22-12-14-26(40-2)24(18-22)32(36,37)38;1-29-20-9-8-18(15-19(20)25(26,27)28)30-22(34)24(11-2-12-24)31(23(30)36)17-6-3-16(4-7-17)5-10-21(33)35-14-13-32/h7-14,17-18H,3-6,15-16H2,(H,41,44);3-4,6-9,15,32H,2,5,10-14H2. The van der Waals surface area contributed by atoms with Crippen LogP contribution in [0.3, 0.4) is 0 Å². The van der Waals surface area contributed by atoms with Crippen LogP contribution in [0, 0.1) is 19.7 Å². The number of thiocarbonyl (C=S) groups is 2. The molecule has 2 heterocycles. The van der Waals surface area contributed by atoms with Crippen molar-refractivity contribution in [1.29, 1.82) is 0 Å². The minimum Gasteiger partial charge on any atom is -0.463 e. The number of anilines is 5. The fourth-order valence-electron chi connectivity index (χ4n) is 10.1. The van der Waals surface area contributed by atoms with Gasteiger partial charge in [-0.15, -0.1) is 0 Å². The molecule has 82 heavy (non-hydrogen) atoms. The second-order valence-electron chi connectivity index (χ2n) is 19.4. The Morgan fingerprint density at radius 2 is 0.963 bits per heavy atom. The summed E-state index contributed by atoms with van der Waals surface area (Å²) in [4.78, 5) is 65.6. The van der Waals surface area contributed by atoms with Gasteiger partial charge in [0.05, 0.1) is 43.0 Å². The molecule has 2 N–H and O–H groups in total. The first kappa shape index (κ1) is 59.7. The fraction of sp³-hybridized carbons (Fsp3) is 0.316. The average Bonchev–Trinajstić information content (AvgIpc) is 3.17. The Labute approximate surface area is 474 Å². The summed E-state index contributed by atoms with van der Waals surface area (Å²) in [5, 5.41) is 11.3. The largest absolute Gasteiger partial charge is 0.463 e. The van der Waals surface area contributed by atoms with Gasteiger partial charge in [0.15, 0.2) is 27.3 Å². The number of aliphatic hydroxyl groups excluding tert-OH is 1. The number of aliphatic hydroxyl groups is 1. The lowest BCUT2D eigenvalue weighted by Gasteiger charge is -2.43. The van der Waals surface area contributed by atoms with Crippen LogP contribution >= 0.6 is 24.4 Å². The van der Waals surface area contributed by atoms with Crippen LogP contribution in [-0.4, -0.2) is 63.3 Å². The molecule has 0 radical (unpaired) electrons. The Kier molecular flexibility index (Phi) is 17.2. The molecule has 14 nitrogen and oxygen atoms in total. The van der Waals surface area contributed by atoms with Crippen LogP contribution in [0.4, 0.5) is 85.0 Å². The fourth-order valence-corrected chi connectivity index (χ4v) is 11.0. The number of hydrogen-bond donors (Lipinski definition) is 2. The van der Waals surface area contributed by atoms with Crippen molar-refractivity contribution in [3.05, 3.63) is 165 Å². The number of halogens is 9. The van der Waals surface area contributed by atoms with Gasteiger partial charge in [-0.05, 0) is 154 Å². The quantitative estimate of drug-likeness (QED) is 0.0479. The molecule has 9 rings (SSSR count). The van der Waals surface area contributed by atoms with Crippen molar-refractivity contribution in [3.8, 4) is 0 Å². The van der Waals surface area contributed by atoms with Gasteiger partial charge in [-0.2, -0.15) is 39.5 Å². The van der Waals surface area contributed by atoms with E-state index in [4.69, 9.17) is 54.0 Å². The molecule has 2 saturated heterocycles. The SMILES string of the molecule is [C-]#[N+]c1ccc(N2C(=O)C3(CCC3)N(c3ccc(CCC(=O)OCCO)cc3)C2=S)cc1C(F)(F)F.[C-]#[N+]c1ccc(NC(=O)CCCc2ccc(N3C(=S)N(c4ccc([N+]#[C-])c(C(F)(F)F)c4)C(=O)C34CCC4)cc2)cc1C(F)(F)F. The number of ether oxygens (including phenoxy) is 1. The Balaban J connectivity index is 0.000000221. The predicted molar refractivity (Wildman–Crippen MR) is 292 cm³/mol. The number of benzene rings is 5. The molecule has 5 aromatic carbocycles. The molecule has 0 atom stereocenters. The molecule has 25 heteroatoms. The molecule has 2 aliphatic carbocycles. The topological polar surface area (TPSA) is 136 Å². The third-order valence-electron chi connectivity index (χ3n) is 14.5. The van der Waals surface area contributed by atoms with E-state index in [1.54, 1.807) is 58.3 Å². The van der Waals surface area contributed by atoms with Crippen molar-refractivity contribution in [2.45, 2.75) is 100 Å². The Morgan fingerprint density at radius 1 is 0.573 bits per heavy atom. The van der Waals surface area contributed by atoms with Crippen molar-refractivity contribution < 1.29 is 68.5 Å². The molecular weight excluding hydrogens is 1130 g/mol. The monoisotopic (exact) mass is 1170 g/mol. The average molecular weight is 1170 g/mol. The Hall–Kier alpha value is -8.44. The summed E-state index contributed by atoms with van der Waals surface area (Å²) in [6.45, 7) is 20.7. The van der Waals surface area contributed by atoms with Crippen LogP contribution in [0.2, 0.25) is 0 Å². The third kappa shape index (κ3) is 11.8. The zero-order valence-corrected chi connectivity index (χ0v) is 44.5. The van der Waals surface area contributed by atoms with Crippen LogP contribution in [-0.2, 0) is 55.3 Å². The van der Waals surface area contributed by atoms with E-state index in [9.17, 15) is 58.7 Å². The summed E-state index contributed by atoms with van der Waals surface area (Å²) in [5.41, 5.74) is -4.40. The van der Waals surface area contributed by atoms with E-state index in [0.29, 0.717) is 56.3 Å². The first-order chi connectivity index (χ1) is 38.8. The molecule has 3 amide bonds. The maximum atomic E-state index is 13.7. The molecule has 4 fully saturated rings. The number of carbonyl (C=O) groups is 4. The highest BCUT2D eigenvalue weighted by Crippen LogP contribution is 2.51. The number of alkyl halides is 9. The third-order valence-corrected chi connectivity index (χ3v) is 15.2. The summed E-state index contributed by atoms with van der Waals surface area (Å²) in [6.07, 6.45) is -9.47. The lowest BCUT2D eigenvalue weighted by molar-refractivity contribution is -0.144. The van der Waals surface area contributed by atoms with Crippen LogP contribution in [0.1, 0.15) is 85.6 Å². The van der Waals surface area contributed by atoms with Crippen molar-refractivity contribution in [2.24, 2.45) is 0 Å². The van der Waals surface area contributed by atoms with Gasteiger partial charge in [-0.25, -0.2) is 14.5 Å². The number of rotatable bonds is 14. The van der Waals surface area contributed by atoms with Gasteiger partial charge < -0.3 is 25.0 Å². The molecular formula is C57H45F9N8O6S2. The Morgan fingerprint density at radius 3 is 1.34 bits per heavy atom. The summed E-state index contributed by atoms with van der Waals surface area (Å²) in [7, 11) is 0. The van der Waals surface area contributed by atoms with E-state index in [1.165, 1.54) is 18.2 Å². The van der Waals surface area contributed by atoms with Crippen LogP contribution < -0.4 is 24.9 Å². The highest BCUT2D eigenvalue weighted by Gasteiger charge is 2.61. The van der Waals surface area contributed by atoms with Crippen LogP contribution in [0.15, 0.2) is 103 Å². The molecule has 4 aliphatic rings. The van der Waals surface area contributed by atoms with Gasteiger partial charge in [-0.1, -0.05) is 42.5 Å². The van der Waals surface area contributed by atoms with Gasteiger partial charge in [0.1, 0.15) is 17.7 Å². The van der Waals surface area contributed by atoms with E-state index < -0.39 is 87.1 Å². The molecule has 0 aromatic heterocycles. The number of amides is 3. The zero-order valence-electron chi connectivity index (χ0n) is 42.8. The van der Waals surface area contributed by atoms with Crippen molar-refractivity contribution >= 4 is 104 Å². The van der Waals surface area contributed by atoms with Crippen molar-refractivity contribution in [2.75, 3.05) is 38.1 Å². The van der Waals surface area contributed by atoms with Gasteiger partial charge in [0.2, 0.25) is 5.91 Å². The number of nitrogens with one attached hydrogen (secondary N) is 1. The van der Waals surface area contributed by atoms with E-state index in [1.807, 2.05) is 0 Å². The molecule has 5 aromatic rings. The van der Waals surface area contributed by atoms with Crippen molar-refractivity contribution in [3.63, 3.8) is 0 Å². The second kappa shape index (κ2) is 23.6. The van der Waals surface area contributed by atoms with E-state index in [0.717, 1.165) is 70.2 Å². The number of nitrogens with zero attached hydrogens (tertiary/aromatic N) is 7. The van der Waals surface area contributed by atoms with E-state index in [2.05, 4.69) is 19.9 Å². The number of hydrogen-bond acceptors (Lipinski definition) is 8. The minimum absolute atomic E-state index is 0.0165. The van der Waals surface area contributed by atoms with Crippen molar-refractivity contribution in [1.82, 2.24) is 0 Å². The number of carbonyl (C=O) groups excluding carboxylic acids is 4. The molecule has 2 spiro atoms. The van der Waals surface area contributed by atoms with Gasteiger partial charge in [0.25, 0.3) is 11.8 Å². The first-order valence-electron chi connectivity index (χ1n) is 25.2. The summed E-state index contributed by atoms with van der Waals surface area (Å²) < 4.78 is 126. The summed E-state index contributed by atoms with van der Waals surface area (Å²) in [6, 6.07) is 23.3. The lowest BCUT2D eigenvalue weighted by atomic mass is 9.75. The second-order valence-corrected chi connectivity index (χ2v) is 20.2. The number of esters is 1. The molecule has 2 aliphatic heterocycles. The van der Waals surface area contributed by atoms with Gasteiger partial charge in [0, 0.05) is 41.3 Å². The first-order valence-corrected chi connectivity index (χ1v) is 26.0. The molecule has 2 saturated carbocycles. The van der Waals surface area contributed by atoms with Gasteiger partial charge in [-0.3, -0.25) is 29.0 Å². The van der Waals surface area contributed by atoms with E-state index in [-0.39, 0.29) is 53.3 Å². The lowest BCUT2D eigenvalue weighted by Crippen LogP contribution is -2.55. The summed E-state index contributed by atoms with van der Waals surface area (Å²) >= 11 is 11.3. The normalized spacial score (nSPS) is 16.2. The maximum Gasteiger partial charge on any atom is 0.407 e. The maximum absolute atomic E-state index is 13.7. The van der Waals surface area contributed by atoms with Crippen LogP contribution in [0.25, 0.3) is 14.5 Å². The highest BCUT2D eigenvalue weighted by atomic mass is 32.1. The molecule has 0 unspecified atom stereocenters. The molecule has 0 bridgehead atoms.